The van der Waals surface area contributed by atoms with Gasteiger partial charge in [0.1, 0.15) is 24.1 Å². The molecule has 2 aliphatic rings. The lowest BCUT2D eigenvalue weighted by atomic mass is 9.86. The Kier molecular flexibility index (Phi) is 17.4. The molecular formula is C39H57N8O10+. The number of aliphatic hydroxyl groups excluding tert-OH is 4. The second-order valence-electron chi connectivity index (χ2n) is 14.8. The molecule has 1 aliphatic carbocycles. The van der Waals surface area contributed by atoms with E-state index >= 15 is 0 Å². The summed E-state index contributed by atoms with van der Waals surface area (Å²) >= 11 is 0. The first-order valence-corrected chi connectivity index (χ1v) is 19.4. The molecule has 0 bridgehead atoms. The SMILES string of the molecule is CN(CC1(CO)CCCC1)C(=O)CCCCCCCN=C(NC#N)Nc1cc[n+](Cc2ccc(O[C@@H]3O[C@H](C(=O)O)[C@@H](O)[C@H](O)[C@H]3O)c(NC(=O)CCN)c2)cc1. The first-order valence-electron chi connectivity index (χ1n) is 19.4. The lowest BCUT2D eigenvalue weighted by Crippen LogP contribution is -2.61. The molecule has 5 atom stereocenters. The van der Waals surface area contributed by atoms with Gasteiger partial charge in [-0.25, -0.2) is 9.36 Å². The number of nitrogens with one attached hydrogen (secondary N) is 3. The Morgan fingerprint density at radius 3 is 2.39 bits per heavy atom. The van der Waals surface area contributed by atoms with E-state index in [4.69, 9.17) is 15.2 Å². The smallest absolute Gasteiger partial charge is 0.335 e. The third-order valence-electron chi connectivity index (χ3n) is 10.3. The van der Waals surface area contributed by atoms with E-state index in [2.05, 4.69) is 20.9 Å². The van der Waals surface area contributed by atoms with Crippen molar-refractivity contribution >= 4 is 35.1 Å². The molecule has 2 amide bonds. The maximum absolute atomic E-state index is 12.6. The average molecular weight is 798 g/mol. The number of amides is 2. The average Bonchev–Trinajstić information content (AvgIpc) is 3.66. The number of nitriles is 1. The Morgan fingerprint density at radius 2 is 1.72 bits per heavy atom. The van der Waals surface area contributed by atoms with Crippen molar-refractivity contribution in [2.45, 2.75) is 108 Å². The Labute approximate surface area is 332 Å². The van der Waals surface area contributed by atoms with Gasteiger partial charge in [-0.05, 0) is 43.9 Å². The minimum absolute atomic E-state index is 0.00288. The summed E-state index contributed by atoms with van der Waals surface area (Å²) < 4.78 is 12.8. The predicted molar refractivity (Wildman–Crippen MR) is 207 cm³/mol. The second-order valence-corrected chi connectivity index (χ2v) is 14.8. The van der Waals surface area contributed by atoms with Gasteiger partial charge in [0, 0.05) is 62.6 Å². The van der Waals surface area contributed by atoms with Crippen LogP contribution in [0.1, 0.15) is 76.2 Å². The monoisotopic (exact) mass is 797 g/mol. The number of carbonyl (C=O) groups is 3. The van der Waals surface area contributed by atoms with Crippen LogP contribution in [0.2, 0.25) is 0 Å². The quantitative estimate of drug-likeness (QED) is 0.0224. The van der Waals surface area contributed by atoms with E-state index < -0.39 is 42.6 Å². The van der Waals surface area contributed by atoms with Gasteiger partial charge in [-0.15, -0.1) is 0 Å². The number of ether oxygens (including phenoxy) is 2. The molecule has 0 radical (unpaired) electrons. The molecule has 0 unspecified atom stereocenters. The van der Waals surface area contributed by atoms with Crippen LogP contribution < -0.4 is 31.0 Å². The van der Waals surface area contributed by atoms with Gasteiger partial charge in [0.15, 0.2) is 31.2 Å². The van der Waals surface area contributed by atoms with Crippen LogP contribution >= 0.6 is 0 Å². The minimum Gasteiger partial charge on any atom is -0.479 e. The molecular weight excluding hydrogens is 740 g/mol. The number of unbranched alkanes of at least 4 members (excludes halogenated alkanes) is 4. The zero-order valence-electron chi connectivity index (χ0n) is 32.4. The molecule has 1 aliphatic heterocycles. The maximum Gasteiger partial charge on any atom is 0.335 e. The van der Waals surface area contributed by atoms with Gasteiger partial charge in [0.05, 0.1) is 18.0 Å². The summed E-state index contributed by atoms with van der Waals surface area (Å²) in [5.41, 5.74) is 6.99. The molecule has 10 N–H and O–H groups in total. The van der Waals surface area contributed by atoms with Crippen LogP contribution in [0.4, 0.5) is 11.4 Å². The van der Waals surface area contributed by atoms with E-state index in [1.54, 1.807) is 41.6 Å². The largest absolute Gasteiger partial charge is 0.479 e. The van der Waals surface area contributed by atoms with Crippen molar-refractivity contribution in [1.82, 2.24) is 10.2 Å². The van der Waals surface area contributed by atoms with Crippen LogP contribution in [0.3, 0.4) is 0 Å². The number of carbonyl (C=O) groups excluding carboxylic acids is 2. The van der Waals surface area contributed by atoms with E-state index in [-0.39, 0.29) is 42.3 Å². The highest BCUT2D eigenvalue weighted by Crippen LogP contribution is 2.38. The number of pyridine rings is 1. The summed E-state index contributed by atoms with van der Waals surface area (Å²) in [5, 5.41) is 67.5. The van der Waals surface area contributed by atoms with Crippen molar-refractivity contribution < 1.29 is 54.0 Å². The van der Waals surface area contributed by atoms with Crippen molar-refractivity contribution in [2.24, 2.45) is 16.1 Å². The fraction of sp³-hybridized carbons (Fsp3) is 0.590. The number of carboxylic acid groups (broad SMARTS) is 1. The van der Waals surface area contributed by atoms with E-state index in [0.29, 0.717) is 37.7 Å². The van der Waals surface area contributed by atoms with Crippen LogP contribution in [0.25, 0.3) is 0 Å². The highest BCUT2D eigenvalue weighted by molar-refractivity contribution is 5.94. The molecule has 312 valence electrons. The highest BCUT2D eigenvalue weighted by Gasteiger charge is 2.48. The van der Waals surface area contributed by atoms with E-state index in [9.17, 15) is 45.2 Å². The number of aliphatic imine (C=N–C) groups is 1. The number of benzene rings is 1. The third kappa shape index (κ3) is 13.3. The molecule has 1 aromatic carbocycles. The highest BCUT2D eigenvalue weighted by atomic mass is 16.7. The first kappa shape index (κ1) is 44.8. The van der Waals surface area contributed by atoms with Gasteiger partial charge in [-0.2, -0.15) is 5.26 Å². The van der Waals surface area contributed by atoms with Crippen molar-refractivity contribution in [1.29, 1.82) is 5.26 Å². The van der Waals surface area contributed by atoms with Crippen LogP contribution in [-0.4, -0.2) is 118 Å². The number of aliphatic carboxylic acids is 1. The Balaban J connectivity index is 1.26. The lowest BCUT2D eigenvalue weighted by Gasteiger charge is -2.38. The molecule has 2 aromatic rings. The molecule has 1 saturated heterocycles. The number of carboxylic acids is 1. The normalized spacial score (nSPS) is 21.6. The molecule has 2 heterocycles. The standard InChI is InChI=1S/C39H56N8O10/c1-46(23-39(24-48)15-6-7-16-39)31(50)9-5-3-2-4-8-18-42-38(43-25-41)44-27-13-19-47(20-14-27)22-26-10-11-29(28(21-26)45-30(49)12-17-40)56-37-34(53)32(51)33(52)35(57-37)36(54)55/h10-11,13-14,19-21,32-35,37,48,51-53H,2-9,12,15-18,22-24,40H2,1H3,(H3,42,43,45,49,54,55)/p+1/t32-,33-,34+,35-,37+/m0/s1. The second kappa shape index (κ2) is 22.1. The summed E-state index contributed by atoms with van der Waals surface area (Å²) in [5.74, 6) is -1.53. The number of hydrogen-bond acceptors (Lipinski definition) is 12. The van der Waals surface area contributed by atoms with Crippen molar-refractivity contribution in [2.75, 3.05) is 43.9 Å². The zero-order chi connectivity index (χ0) is 41.4. The summed E-state index contributed by atoms with van der Waals surface area (Å²) in [7, 11) is 1.83. The fourth-order valence-corrected chi connectivity index (χ4v) is 7.03. The lowest BCUT2D eigenvalue weighted by molar-refractivity contribution is -0.688. The van der Waals surface area contributed by atoms with Gasteiger partial charge in [0.25, 0.3) is 0 Å². The van der Waals surface area contributed by atoms with E-state index in [1.165, 1.54) is 6.07 Å². The number of anilines is 2. The number of aliphatic hydroxyl groups is 4. The maximum atomic E-state index is 12.6. The minimum atomic E-state index is -1.89. The van der Waals surface area contributed by atoms with Gasteiger partial charge in [-0.1, -0.05) is 32.1 Å². The van der Waals surface area contributed by atoms with Gasteiger partial charge in [-0.3, -0.25) is 19.9 Å². The number of guanidine groups is 1. The molecule has 57 heavy (non-hydrogen) atoms. The fourth-order valence-electron chi connectivity index (χ4n) is 7.03. The first-order chi connectivity index (χ1) is 27.4. The van der Waals surface area contributed by atoms with Crippen LogP contribution in [0, 0.1) is 16.9 Å². The van der Waals surface area contributed by atoms with E-state index in [1.807, 2.05) is 17.8 Å². The topological polar surface area (TPSA) is 276 Å². The molecule has 18 nitrogen and oxygen atoms in total. The van der Waals surface area contributed by atoms with Crippen molar-refractivity contribution in [3.05, 3.63) is 48.3 Å². The van der Waals surface area contributed by atoms with Gasteiger partial charge >= 0.3 is 5.97 Å². The number of rotatable bonds is 20. The zero-order valence-corrected chi connectivity index (χ0v) is 32.4. The summed E-state index contributed by atoms with van der Waals surface area (Å²) in [6, 6.07) is 8.41. The molecule has 0 spiro atoms. The molecule has 1 aromatic heterocycles. The Hall–Kier alpha value is -4.90. The van der Waals surface area contributed by atoms with Crippen LogP contribution in [0.5, 0.6) is 5.75 Å². The number of hydrogen-bond donors (Lipinski definition) is 9. The van der Waals surface area contributed by atoms with Gasteiger partial charge in [0.2, 0.25) is 24.1 Å². The number of aromatic nitrogens is 1. The van der Waals surface area contributed by atoms with E-state index in [0.717, 1.165) is 63.4 Å². The van der Waals surface area contributed by atoms with Crippen LogP contribution in [0.15, 0.2) is 47.7 Å². The summed E-state index contributed by atoms with van der Waals surface area (Å²) in [6.45, 7) is 1.69. The van der Waals surface area contributed by atoms with Crippen molar-refractivity contribution in [3.63, 3.8) is 0 Å². The van der Waals surface area contributed by atoms with Crippen LogP contribution in [-0.2, 0) is 25.7 Å². The number of nitrogens with zero attached hydrogens (tertiary/aromatic N) is 4. The third-order valence-corrected chi connectivity index (χ3v) is 10.3. The molecule has 4 rings (SSSR count). The summed E-state index contributed by atoms with van der Waals surface area (Å²) in [4.78, 5) is 42.9. The molecule has 1 saturated carbocycles. The predicted octanol–water partition coefficient (Wildman–Crippen LogP) is 0.771. The molecule has 2 fully saturated rings. The summed E-state index contributed by atoms with van der Waals surface area (Å²) in [6.07, 6.45) is 5.59. The molecule has 18 heteroatoms. The number of nitrogens with two attached hydrogens (primary N) is 1. The Morgan fingerprint density at radius 1 is 1.02 bits per heavy atom. The Bertz CT molecular complexity index is 1700. The van der Waals surface area contributed by atoms with Crippen molar-refractivity contribution in [3.8, 4) is 11.9 Å². The van der Waals surface area contributed by atoms with Gasteiger partial charge < -0.3 is 56.3 Å².